The van der Waals surface area contributed by atoms with Gasteiger partial charge in [-0.05, 0) is 43.5 Å². The number of carbonyl (C=O) groups excluding carboxylic acids is 1. The number of aromatic nitrogens is 2. The molecule has 0 saturated heterocycles. The lowest BCUT2D eigenvalue weighted by Crippen LogP contribution is -2.24. The van der Waals surface area contributed by atoms with Crippen LogP contribution < -0.4 is 5.32 Å². The maximum Gasteiger partial charge on any atom is 0.257 e. The third-order valence-corrected chi connectivity index (χ3v) is 6.91. The number of carbonyl (C=O) groups is 1. The van der Waals surface area contributed by atoms with Gasteiger partial charge in [0.2, 0.25) is 15.2 Å². The zero-order valence-electron chi connectivity index (χ0n) is 15.7. The van der Waals surface area contributed by atoms with Crippen LogP contribution in [0.25, 0.3) is 0 Å². The molecule has 0 atom stereocenters. The van der Waals surface area contributed by atoms with Crippen molar-refractivity contribution in [1.29, 1.82) is 0 Å². The van der Waals surface area contributed by atoms with Gasteiger partial charge in [0.25, 0.3) is 5.91 Å². The lowest BCUT2D eigenvalue weighted by atomic mass is 10.1. The van der Waals surface area contributed by atoms with Gasteiger partial charge in [0.05, 0.1) is 4.90 Å². The van der Waals surface area contributed by atoms with E-state index in [0.29, 0.717) is 10.7 Å². The number of benzene rings is 1. The van der Waals surface area contributed by atoms with Crippen LogP contribution in [0.4, 0.5) is 5.13 Å². The zero-order chi connectivity index (χ0) is 19.5. The van der Waals surface area contributed by atoms with Crippen molar-refractivity contribution in [3.63, 3.8) is 0 Å². The van der Waals surface area contributed by atoms with Crippen molar-refractivity contribution in [3.8, 4) is 0 Å². The number of unbranched alkanes of at least 4 members (excludes halogenated alkanes) is 1. The molecule has 1 heterocycles. The van der Waals surface area contributed by atoms with E-state index in [1.807, 2.05) is 0 Å². The first-order chi connectivity index (χ1) is 12.2. The van der Waals surface area contributed by atoms with Crippen molar-refractivity contribution in [1.82, 2.24) is 14.5 Å². The molecule has 0 bridgehead atoms. The number of nitrogens with zero attached hydrogens (tertiary/aromatic N) is 3. The molecule has 0 radical (unpaired) electrons. The fourth-order valence-corrected chi connectivity index (χ4v) is 4.32. The van der Waals surface area contributed by atoms with Gasteiger partial charge in [-0.1, -0.05) is 24.7 Å². The molecular weight excluding hydrogens is 372 g/mol. The highest BCUT2D eigenvalue weighted by atomic mass is 32.2. The Hall–Kier alpha value is -1.84. The van der Waals surface area contributed by atoms with Gasteiger partial charge in [0, 0.05) is 26.1 Å². The summed E-state index contributed by atoms with van der Waals surface area (Å²) in [5.74, 6) is -0.401. The van der Waals surface area contributed by atoms with Crippen LogP contribution in [0.3, 0.4) is 0 Å². The number of amides is 1. The number of sulfonamides is 1. The lowest BCUT2D eigenvalue weighted by molar-refractivity contribution is 0.102. The second kappa shape index (κ2) is 8.24. The Labute approximate surface area is 158 Å². The second-order valence-corrected chi connectivity index (χ2v) is 9.44. The van der Waals surface area contributed by atoms with E-state index in [1.54, 1.807) is 19.9 Å². The first-order valence-corrected chi connectivity index (χ1v) is 10.6. The second-order valence-electron chi connectivity index (χ2n) is 6.26. The Morgan fingerprint density at radius 1 is 1.23 bits per heavy atom. The Bertz CT molecular complexity index is 905. The quantitative estimate of drug-likeness (QED) is 0.777. The molecule has 1 aromatic carbocycles. The minimum Gasteiger partial charge on any atom is -0.296 e. The molecule has 9 heteroatoms. The minimum atomic E-state index is -3.64. The topological polar surface area (TPSA) is 92.3 Å². The predicted molar refractivity (Wildman–Crippen MR) is 103 cm³/mol. The number of nitrogens with one attached hydrogen (secondary N) is 1. The van der Waals surface area contributed by atoms with Crippen molar-refractivity contribution >= 4 is 32.4 Å². The van der Waals surface area contributed by atoms with Crippen molar-refractivity contribution in [2.45, 2.75) is 44.9 Å². The maximum absolute atomic E-state index is 12.6. The van der Waals surface area contributed by atoms with Gasteiger partial charge in [-0.2, -0.15) is 0 Å². The van der Waals surface area contributed by atoms with E-state index >= 15 is 0 Å². The highest BCUT2D eigenvalue weighted by molar-refractivity contribution is 7.89. The Balaban J connectivity index is 2.29. The molecule has 2 aromatic rings. The summed E-state index contributed by atoms with van der Waals surface area (Å²) in [6.07, 6.45) is 2.91. The van der Waals surface area contributed by atoms with Crippen LogP contribution in [0.15, 0.2) is 17.0 Å². The third kappa shape index (κ3) is 4.46. The molecule has 0 fully saturated rings. The minimum absolute atomic E-state index is 0.133. The molecule has 7 nitrogen and oxygen atoms in total. The summed E-state index contributed by atoms with van der Waals surface area (Å²) in [6.45, 7) is 5.62. The Morgan fingerprint density at radius 3 is 2.54 bits per heavy atom. The van der Waals surface area contributed by atoms with Crippen molar-refractivity contribution in [3.05, 3.63) is 33.8 Å². The van der Waals surface area contributed by atoms with Crippen molar-refractivity contribution < 1.29 is 13.2 Å². The zero-order valence-corrected chi connectivity index (χ0v) is 17.3. The number of hydrogen-bond acceptors (Lipinski definition) is 6. The summed E-state index contributed by atoms with van der Waals surface area (Å²) in [4.78, 5) is 12.7. The monoisotopic (exact) mass is 396 g/mol. The fraction of sp³-hybridized carbons (Fsp3) is 0.471. The SMILES string of the molecule is CCCCc1nnc(NC(=O)c2cc(C)c(C)c(S(=O)(=O)N(C)C)c2)s1. The van der Waals surface area contributed by atoms with E-state index in [2.05, 4.69) is 22.4 Å². The summed E-state index contributed by atoms with van der Waals surface area (Å²) in [5.41, 5.74) is 1.64. The van der Waals surface area contributed by atoms with Gasteiger partial charge in [-0.25, -0.2) is 12.7 Å². The lowest BCUT2D eigenvalue weighted by Gasteiger charge is -2.16. The average molecular weight is 397 g/mol. The number of aryl methyl sites for hydroxylation is 2. The Morgan fingerprint density at radius 2 is 1.92 bits per heavy atom. The van der Waals surface area contributed by atoms with E-state index in [0.717, 1.165) is 34.1 Å². The van der Waals surface area contributed by atoms with Gasteiger partial charge in [-0.15, -0.1) is 10.2 Å². The highest BCUT2D eigenvalue weighted by Crippen LogP contribution is 2.24. The van der Waals surface area contributed by atoms with E-state index < -0.39 is 15.9 Å². The summed E-state index contributed by atoms with van der Waals surface area (Å²) in [5, 5.41) is 12.0. The molecule has 2 rings (SSSR count). The summed E-state index contributed by atoms with van der Waals surface area (Å²) < 4.78 is 26.2. The van der Waals surface area contributed by atoms with Gasteiger partial charge >= 0.3 is 0 Å². The van der Waals surface area contributed by atoms with Crippen molar-refractivity contribution in [2.24, 2.45) is 0 Å². The smallest absolute Gasteiger partial charge is 0.257 e. The standard InChI is InChI=1S/C17H24N4O3S2/c1-6-7-8-15-19-20-17(25-15)18-16(22)13-9-11(2)12(3)14(10-13)26(23,24)21(4)5/h9-10H,6-8H2,1-5H3,(H,18,20,22). The molecule has 1 amide bonds. The first kappa shape index (κ1) is 20.5. The van der Waals surface area contributed by atoms with Crippen LogP contribution in [0.1, 0.15) is 46.3 Å². The van der Waals surface area contributed by atoms with Crippen LogP contribution >= 0.6 is 11.3 Å². The number of anilines is 1. The average Bonchev–Trinajstić information content (AvgIpc) is 3.02. The summed E-state index contributed by atoms with van der Waals surface area (Å²) in [7, 11) is -0.701. The molecular formula is C17H24N4O3S2. The maximum atomic E-state index is 12.6. The van der Waals surface area contributed by atoms with Crippen LogP contribution in [0, 0.1) is 13.8 Å². The van der Waals surface area contributed by atoms with Crippen LogP contribution in [-0.4, -0.2) is 42.9 Å². The number of hydrogen-bond donors (Lipinski definition) is 1. The van der Waals surface area contributed by atoms with E-state index in [4.69, 9.17) is 0 Å². The van der Waals surface area contributed by atoms with E-state index in [9.17, 15) is 13.2 Å². The predicted octanol–water partition coefficient (Wildman–Crippen LogP) is 3.00. The van der Waals surface area contributed by atoms with Gasteiger partial charge < -0.3 is 0 Å². The first-order valence-electron chi connectivity index (χ1n) is 8.34. The molecule has 0 aliphatic rings. The molecule has 1 aromatic heterocycles. The Kier molecular flexibility index (Phi) is 6.48. The highest BCUT2D eigenvalue weighted by Gasteiger charge is 2.23. The van der Waals surface area contributed by atoms with Crippen molar-refractivity contribution in [2.75, 3.05) is 19.4 Å². The summed E-state index contributed by atoms with van der Waals surface area (Å²) >= 11 is 1.34. The molecule has 1 N–H and O–H groups in total. The summed E-state index contributed by atoms with van der Waals surface area (Å²) in [6, 6.07) is 3.09. The van der Waals surface area contributed by atoms with Gasteiger partial charge in [0.15, 0.2) is 0 Å². The molecule has 0 aliphatic carbocycles. The number of rotatable bonds is 7. The molecule has 0 aliphatic heterocycles. The van der Waals surface area contributed by atoms with Gasteiger partial charge in [-0.3, -0.25) is 10.1 Å². The van der Waals surface area contributed by atoms with Gasteiger partial charge in [0.1, 0.15) is 5.01 Å². The fourth-order valence-electron chi connectivity index (χ4n) is 2.33. The van der Waals surface area contributed by atoms with Crippen LogP contribution in [-0.2, 0) is 16.4 Å². The van der Waals surface area contributed by atoms with Crippen LogP contribution in [0.2, 0.25) is 0 Å². The molecule has 0 saturated carbocycles. The normalized spacial score (nSPS) is 11.8. The largest absolute Gasteiger partial charge is 0.296 e. The molecule has 26 heavy (non-hydrogen) atoms. The van der Waals surface area contributed by atoms with Crippen LogP contribution in [0.5, 0.6) is 0 Å². The van der Waals surface area contributed by atoms with E-state index in [-0.39, 0.29) is 10.5 Å². The molecule has 0 unspecified atom stereocenters. The third-order valence-electron chi connectivity index (χ3n) is 4.07. The molecule has 0 spiro atoms. The van der Waals surface area contributed by atoms with E-state index in [1.165, 1.54) is 31.5 Å². The molecule has 142 valence electrons.